The smallest absolute Gasteiger partial charge is 0.0775 e. The van der Waals surface area contributed by atoms with E-state index in [2.05, 4.69) is 56.1 Å². The van der Waals surface area contributed by atoms with E-state index in [-0.39, 0.29) is 0 Å². The minimum Gasteiger partial charge on any atom is -0.313 e. The molecule has 0 saturated heterocycles. The van der Waals surface area contributed by atoms with Crippen molar-refractivity contribution in [3.63, 3.8) is 0 Å². The molecule has 2 heteroatoms. The minimum atomic E-state index is -1.11. The molecule has 1 aromatic rings. The predicted octanol–water partition coefficient (Wildman–Crippen LogP) is 2.73. The molecule has 0 aliphatic rings. The third-order valence-corrected chi connectivity index (χ3v) is 4.64. The Hall–Kier alpha value is -0.603. The van der Waals surface area contributed by atoms with E-state index in [1.807, 2.05) is 0 Å². The van der Waals surface area contributed by atoms with Crippen LogP contribution in [0.3, 0.4) is 0 Å². The normalized spacial score (nSPS) is 11.7. The lowest BCUT2D eigenvalue weighted by Crippen LogP contribution is -2.37. The highest BCUT2D eigenvalue weighted by Crippen LogP contribution is 2.04. The van der Waals surface area contributed by atoms with Crippen molar-refractivity contribution in [3.8, 4) is 0 Å². The largest absolute Gasteiger partial charge is 0.313 e. The molecule has 0 aromatic heterocycles. The second kappa shape index (κ2) is 5.47. The average molecular weight is 221 g/mol. The first-order chi connectivity index (χ1) is 7.04. The van der Waals surface area contributed by atoms with Crippen LogP contribution < -0.4 is 10.5 Å². The summed E-state index contributed by atoms with van der Waals surface area (Å²) in [6, 6.07) is 9.12. The van der Waals surface area contributed by atoms with Gasteiger partial charge in [0.1, 0.15) is 0 Å². The summed E-state index contributed by atoms with van der Waals surface area (Å²) in [5, 5.41) is 4.96. The Bertz CT molecular complexity index is 284. The van der Waals surface area contributed by atoms with E-state index in [0.29, 0.717) is 0 Å². The molecule has 0 spiro atoms. The first kappa shape index (κ1) is 12.5. The molecule has 0 unspecified atom stereocenters. The van der Waals surface area contributed by atoms with Gasteiger partial charge in [-0.1, -0.05) is 56.0 Å². The molecule has 0 aliphatic heterocycles. The predicted molar refractivity (Wildman–Crippen MR) is 71.4 cm³/mol. The lowest BCUT2D eigenvalue weighted by atomic mass is 10.2. The summed E-state index contributed by atoms with van der Waals surface area (Å²) in [5.74, 6) is 0. The van der Waals surface area contributed by atoms with Gasteiger partial charge in [0, 0.05) is 6.54 Å². The summed E-state index contributed by atoms with van der Waals surface area (Å²) in [6.07, 6.45) is 1.20. The number of hydrogen-bond acceptors (Lipinski definition) is 1. The van der Waals surface area contributed by atoms with E-state index < -0.39 is 8.07 Å². The lowest BCUT2D eigenvalue weighted by molar-refractivity contribution is 0.675. The fraction of sp³-hybridized carbons (Fsp3) is 0.538. The van der Waals surface area contributed by atoms with E-state index in [0.717, 1.165) is 13.1 Å². The van der Waals surface area contributed by atoms with E-state index in [1.165, 1.54) is 12.0 Å². The Labute approximate surface area is 94.9 Å². The maximum absolute atomic E-state index is 3.42. The van der Waals surface area contributed by atoms with Crippen LogP contribution in [-0.2, 0) is 6.54 Å². The van der Waals surface area contributed by atoms with Gasteiger partial charge in [0.05, 0.1) is 8.07 Å². The van der Waals surface area contributed by atoms with Crippen molar-refractivity contribution in [3.05, 3.63) is 29.8 Å². The fourth-order valence-corrected chi connectivity index (χ4v) is 2.70. The minimum absolute atomic E-state index is 1.000. The highest BCUT2D eigenvalue weighted by molar-refractivity contribution is 6.88. The molecule has 1 aromatic carbocycles. The van der Waals surface area contributed by atoms with Gasteiger partial charge in [0.25, 0.3) is 0 Å². The van der Waals surface area contributed by atoms with Gasteiger partial charge < -0.3 is 5.32 Å². The maximum atomic E-state index is 3.42. The van der Waals surface area contributed by atoms with E-state index in [1.54, 1.807) is 5.19 Å². The highest BCUT2D eigenvalue weighted by Gasteiger charge is 2.15. The first-order valence-electron chi connectivity index (χ1n) is 5.84. The molecule has 15 heavy (non-hydrogen) atoms. The van der Waals surface area contributed by atoms with Crippen LogP contribution in [0.1, 0.15) is 18.9 Å². The molecule has 0 heterocycles. The van der Waals surface area contributed by atoms with Crippen molar-refractivity contribution >= 4 is 13.3 Å². The summed E-state index contributed by atoms with van der Waals surface area (Å²) >= 11 is 0. The van der Waals surface area contributed by atoms with Gasteiger partial charge in [-0.25, -0.2) is 0 Å². The number of benzene rings is 1. The van der Waals surface area contributed by atoms with Crippen LogP contribution in [0.15, 0.2) is 24.3 Å². The van der Waals surface area contributed by atoms with Crippen LogP contribution >= 0.6 is 0 Å². The Kier molecular flexibility index (Phi) is 4.55. The van der Waals surface area contributed by atoms with Crippen LogP contribution in [0, 0.1) is 0 Å². The second-order valence-electron chi connectivity index (χ2n) is 5.12. The highest BCUT2D eigenvalue weighted by atomic mass is 28.3. The van der Waals surface area contributed by atoms with Crippen LogP contribution in [0.2, 0.25) is 19.6 Å². The van der Waals surface area contributed by atoms with Gasteiger partial charge in [-0.15, -0.1) is 0 Å². The first-order valence-corrected chi connectivity index (χ1v) is 9.34. The van der Waals surface area contributed by atoms with E-state index in [9.17, 15) is 0 Å². The van der Waals surface area contributed by atoms with Crippen molar-refractivity contribution in [2.75, 3.05) is 6.54 Å². The Morgan fingerprint density at radius 1 is 1.07 bits per heavy atom. The fourth-order valence-electron chi connectivity index (χ4n) is 1.53. The molecule has 1 N–H and O–H groups in total. The Morgan fingerprint density at radius 3 is 2.13 bits per heavy atom. The van der Waals surface area contributed by atoms with Gasteiger partial charge in [0.15, 0.2) is 0 Å². The average Bonchev–Trinajstić information content (AvgIpc) is 2.18. The van der Waals surface area contributed by atoms with Crippen molar-refractivity contribution in [2.45, 2.75) is 39.5 Å². The zero-order chi connectivity index (χ0) is 11.3. The molecule has 0 radical (unpaired) electrons. The molecule has 84 valence electrons. The van der Waals surface area contributed by atoms with E-state index >= 15 is 0 Å². The number of hydrogen-bond donors (Lipinski definition) is 1. The Morgan fingerprint density at radius 2 is 1.67 bits per heavy atom. The van der Waals surface area contributed by atoms with Gasteiger partial charge >= 0.3 is 0 Å². The third kappa shape index (κ3) is 4.18. The van der Waals surface area contributed by atoms with Gasteiger partial charge in [-0.05, 0) is 18.5 Å². The zero-order valence-corrected chi connectivity index (χ0v) is 11.4. The van der Waals surface area contributed by atoms with Crippen LogP contribution in [0.25, 0.3) is 0 Å². The van der Waals surface area contributed by atoms with Gasteiger partial charge in [-0.3, -0.25) is 0 Å². The molecular formula is C13H23NSi. The van der Waals surface area contributed by atoms with Crippen LogP contribution in [0.4, 0.5) is 0 Å². The summed E-state index contributed by atoms with van der Waals surface area (Å²) in [7, 11) is -1.11. The topological polar surface area (TPSA) is 12.0 Å². The van der Waals surface area contributed by atoms with Crippen molar-refractivity contribution in [2.24, 2.45) is 0 Å². The SMILES string of the molecule is CCCNCc1ccc([Si](C)(C)C)cc1. The maximum Gasteiger partial charge on any atom is 0.0775 e. The van der Waals surface area contributed by atoms with Crippen LogP contribution in [-0.4, -0.2) is 14.6 Å². The lowest BCUT2D eigenvalue weighted by Gasteiger charge is -2.16. The Balaban J connectivity index is 2.57. The molecule has 1 nitrogen and oxygen atoms in total. The molecule has 0 amide bonds. The monoisotopic (exact) mass is 221 g/mol. The van der Waals surface area contributed by atoms with E-state index in [4.69, 9.17) is 0 Å². The molecule has 0 bridgehead atoms. The molecule has 0 saturated carbocycles. The summed E-state index contributed by atoms with van der Waals surface area (Å²) in [5.41, 5.74) is 1.39. The standard InChI is InChI=1S/C13H23NSi/c1-5-10-14-11-12-6-8-13(9-7-12)15(2,3)4/h6-9,14H,5,10-11H2,1-4H3. The molecule has 0 fully saturated rings. The van der Waals surface area contributed by atoms with Crippen LogP contribution in [0.5, 0.6) is 0 Å². The molecular weight excluding hydrogens is 198 g/mol. The third-order valence-electron chi connectivity index (χ3n) is 2.58. The molecule has 0 atom stereocenters. The second-order valence-corrected chi connectivity index (χ2v) is 10.2. The van der Waals surface area contributed by atoms with Crippen molar-refractivity contribution < 1.29 is 0 Å². The summed E-state index contributed by atoms with van der Waals surface area (Å²) in [6.45, 7) is 11.5. The summed E-state index contributed by atoms with van der Waals surface area (Å²) in [4.78, 5) is 0. The quantitative estimate of drug-likeness (QED) is 0.595. The van der Waals surface area contributed by atoms with Gasteiger partial charge in [-0.2, -0.15) is 0 Å². The zero-order valence-electron chi connectivity index (χ0n) is 10.4. The number of nitrogens with one attached hydrogen (secondary N) is 1. The van der Waals surface area contributed by atoms with Crippen molar-refractivity contribution in [1.82, 2.24) is 5.32 Å². The van der Waals surface area contributed by atoms with Gasteiger partial charge in [0.2, 0.25) is 0 Å². The summed E-state index contributed by atoms with van der Waals surface area (Å²) < 4.78 is 0. The number of rotatable bonds is 5. The molecule has 0 aliphatic carbocycles. The molecule has 1 rings (SSSR count). The van der Waals surface area contributed by atoms with Crippen molar-refractivity contribution in [1.29, 1.82) is 0 Å².